The van der Waals surface area contributed by atoms with Gasteiger partial charge in [-0.15, -0.1) is 0 Å². The van der Waals surface area contributed by atoms with Crippen LogP contribution in [0.25, 0.3) is 0 Å². The molecule has 0 spiro atoms. The lowest BCUT2D eigenvalue weighted by Crippen LogP contribution is -2.62. The number of carbonyl (C=O) groups is 1. The highest BCUT2D eigenvalue weighted by Crippen LogP contribution is 2.43. The van der Waals surface area contributed by atoms with E-state index < -0.39 is 0 Å². The normalized spacial score (nSPS) is 31.5. The van der Waals surface area contributed by atoms with Crippen LogP contribution in [0, 0.1) is 18.8 Å². The monoisotopic (exact) mass is 277 g/mol. The summed E-state index contributed by atoms with van der Waals surface area (Å²) < 4.78 is 10.9. The van der Waals surface area contributed by atoms with Crippen LogP contribution in [0.3, 0.4) is 0 Å². The molecular formula is C14H19N3O3. The summed E-state index contributed by atoms with van der Waals surface area (Å²) in [7, 11) is 1.68. The van der Waals surface area contributed by atoms with Crippen molar-refractivity contribution in [3.8, 4) is 0 Å². The topological polar surface area (TPSA) is 73.3 Å². The van der Waals surface area contributed by atoms with Crippen LogP contribution in [0.4, 0.5) is 0 Å². The third-order valence-electron chi connectivity index (χ3n) is 4.23. The van der Waals surface area contributed by atoms with Gasteiger partial charge in [-0.1, -0.05) is 0 Å². The molecule has 6 nitrogen and oxygen atoms in total. The summed E-state index contributed by atoms with van der Waals surface area (Å²) in [5.41, 5.74) is 0.495. The van der Waals surface area contributed by atoms with Crippen LogP contribution < -0.4 is 5.32 Å². The number of carbonyl (C=O) groups excluding carboxylic acids is 1. The van der Waals surface area contributed by atoms with Gasteiger partial charge in [-0.2, -0.15) is 0 Å². The molecule has 1 N–H and O–H groups in total. The molecule has 108 valence electrons. The average Bonchev–Trinajstić information content (AvgIpc) is 2.87. The number of nitrogens with one attached hydrogen (secondary N) is 1. The van der Waals surface area contributed by atoms with Crippen LogP contribution in [0.2, 0.25) is 0 Å². The Kier molecular flexibility index (Phi) is 3.67. The smallest absolute Gasteiger partial charge is 0.254 e. The number of hydrogen-bond donors (Lipinski definition) is 1. The summed E-state index contributed by atoms with van der Waals surface area (Å²) in [6.45, 7) is 3.18. The SMILES string of the molecule is COC[C@H]1[C@@H](NC(=O)c2cnc(C)nc2)[C@@H]2CCO[C@@H]21. The van der Waals surface area contributed by atoms with E-state index >= 15 is 0 Å². The van der Waals surface area contributed by atoms with Crippen molar-refractivity contribution in [2.24, 2.45) is 11.8 Å². The Morgan fingerprint density at radius 3 is 2.95 bits per heavy atom. The largest absolute Gasteiger partial charge is 0.384 e. The van der Waals surface area contributed by atoms with E-state index in [4.69, 9.17) is 9.47 Å². The van der Waals surface area contributed by atoms with Gasteiger partial charge in [0.25, 0.3) is 5.91 Å². The third-order valence-corrected chi connectivity index (χ3v) is 4.23. The minimum absolute atomic E-state index is 0.122. The molecule has 1 saturated carbocycles. The summed E-state index contributed by atoms with van der Waals surface area (Å²) in [5, 5.41) is 3.08. The van der Waals surface area contributed by atoms with Crippen LogP contribution in [0.15, 0.2) is 12.4 Å². The van der Waals surface area contributed by atoms with Crippen molar-refractivity contribution in [2.45, 2.75) is 25.5 Å². The van der Waals surface area contributed by atoms with Crippen LogP contribution >= 0.6 is 0 Å². The van der Waals surface area contributed by atoms with Crippen molar-refractivity contribution in [1.82, 2.24) is 15.3 Å². The first-order chi connectivity index (χ1) is 9.70. The number of aromatic nitrogens is 2. The number of nitrogens with zero attached hydrogens (tertiary/aromatic N) is 2. The summed E-state index contributed by atoms with van der Waals surface area (Å²) in [6, 6.07) is 0.122. The molecule has 6 heteroatoms. The Bertz CT molecular complexity index is 491. The van der Waals surface area contributed by atoms with E-state index in [1.54, 1.807) is 26.4 Å². The van der Waals surface area contributed by atoms with Gasteiger partial charge in [0.1, 0.15) is 5.82 Å². The maximum atomic E-state index is 12.2. The molecule has 0 bridgehead atoms. The maximum Gasteiger partial charge on any atom is 0.254 e. The minimum atomic E-state index is -0.124. The zero-order valence-corrected chi connectivity index (χ0v) is 11.7. The molecule has 1 amide bonds. The predicted molar refractivity (Wildman–Crippen MR) is 71.2 cm³/mol. The van der Waals surface area contributed by atoms with Crippen molar-refractivity contribution < 1.29 is 14.3 Å². The first-order valence-electron chi connectivity index (χ1n) is 6.90. The van der Waals surface area contributed by atoms with Crippen LogP contribution in [0.1, 0.15) is 22.6 Å². The Morgan fingerprint density at radius 1 is 1.50 bits per heavy atom. The zero-order chi connectivity index (χ0) is 14.1. The quantitative estimate of drug-likeness (QED) is 0.870. The summed E-state index contributed by atoms with van der Waals surface area (Å²) in [5.74, 6) is 1.18. The van der Waals surface area contributed by atoms with Crippen molar-refractivity contribution in [2.75, 3.05) is 20.3 Å². The zero-order valence-electron chi connectivity index (χ0n) is 11.7. The van der Waals surface area contributed by atoms with Crippen molar-refractivity contribution in [1.29, 1.82) is 0 Å². The van der Waals surface area contributed by atoms with Gasteiger partial charge in [0.15, 0.2) is 0 Å². The van der Waals surface area contributed by atoms with E-state index in [1.807, 2.05) is 0 Å². The standard InChI is InChI=1S/C14H19N3O3/c1-8-15-5-9(6-16-8)14(18)17-12-10-3-4-20-13(10)11(12)7-19-2/h5-6,10-13H,3-4,7H2,1-2H3,(H,17,18)/t10-,11-,12-,13-/m0/s1. The first kappa shape index (κ1) is 13.5. The Balaban J connectivity index is 1.67. The van der Waals surface area contributed by atoms with Gasteiger partial charge >= 0.3 is 0 Å². The van der Waals surface area contributed by atoms with E-state index in [1.165, 1.54) is 0 Å². The van der Waals surface area contributed by atoms with Gasteiger partial charge in [0, 0.05) is 44.0 Å². The second-order valence-electron chi connectivity index (χ2n) is 5.43. The Hall–Kier alpha value is -1.53. The fraction of sp³-hybridized carbons (Fsp3) is 0.643. The molecule has 3 rings (SSSR count). The lowest BCUT2D eigenvalue weighted by molar-refractivity contribution is -0.0809. The molecule has 1 aliphatic heterocycles. The van der Waals surface area contributed by atoms with E-state index in [9.17, 15) is 4.79 Å². The summed E-state index contributed by atoms with van der Waals surface area (Å²) in [4.78, 5) is 20.3. The second-order valence-corrected chi connectivity index (χ2v) is 5.43. The molecule has 1 aromatic rings. The van der Waals surface area contributed by atoms with Crippen molar-refractivity contribution >= 4 is 5.91 Å². The van der Waals surface area contributed by atoms with E-state index in [0.29, 0.717) is 23.9 Å². The van der Waals surface area contributed by atoms with Gasteiger partial charge in [-0.3, -0.25) is 4.79 Å². The van der Waals surface area contributed by atoms with Gasteiger partial charge in [-0.25, -0.2) is 9.97 Å². The fourth-order valence-corrected chi connectivity index (χ4v) is 3.18. The molecule has 0 radical (unpaired) electrons. The number of fused-ring (bicyclic) bond motifs is 1. The summed E-state index contributed by atoms with van der Waals surface area (Å²) in [6.07, 6.45) is 4.35. The minimum Gasteiger partial charge on any atom is -0.384 e. The van der Waals surface area contributed by atoms with Crippen molar-refractivity contribution in [3.05, 3.63) is 23.8 Å². The van der Waals surface area contributed by atoms with Gasteiger partial charge in [-0.05, 0) is 13.3 Å². The molecular weight excluding hydrogens is 258 g/mol. The molecule has 0 aromatic carbocycles. The molecule has 1 aliphatic carbocycles. The Labute approximate surface area is 117 Å². The van der Waals surface area contributed by atoms with E-state index in [2.05, 4.69) is 15.3 Å². The number of methoxy groups -OCH3 is 1. The fourth-order valence-electron chi connectivity index (χ4n) is 3.18. The second kappa shape index (κ2) is 5.46. The van der Waals surface area contributed by atoms with Crippen LogP contribution in [-0.2, 0) is 9.47 Å². The highest BCUT2D eigenvalue weighted by atomic mass is 16.5. The third kappa shape index (κ3) is 2.29. The molecule has 0 unspecified atom stereocenters. The van der Waals surface area contributed by atoms with E-state index in [-0.39, 0.29) is 24.0 Å². The highest BCUT2D eigenvalue weighted by Gasteiger charge is 2.54. The average molecular weight is 277 g/mol. The first-order valence-corrected chi connectivity index (χ1v) is 6.90. The van der Waals surface area contributed by atoms with Gasteiger partial charge < -0.3 is 14.8 Å². The Morgan fingerprint density at radius 2 is 2.25 bits per heavy atom. The predicted octanol–water partition coefficient (Wildman–Crippen LogP) is 0.565. The van der Waals surface area contributed by atoms with Crippen molar-refractivity contribution in [3.63, 3.8) is 0 Å². The molecule has 1 saturated heterocycles. The summed E-state index contributed by atoms with van der Waals surface area (Å²) >= 11 is 0. The number of amides is 1. The molecule has 2 heterocycles. The molecule has 2 aliphatic rings. The molecule has 2 fully saturated rings. The van der Waals surface area contributed by atoms with Gasteiger partial charge in [0.05, 0.1) is 18.3 Å². The number of ether oxygens (including phenoxy) is 2. The number of aryl methyl sites for hydroxylation is 1. The maximum absolute atomic E-state index is 12.2. The molecule has 4 atom stereocenters. The lowest BCUT2D eigenvalue weighted by Gasteiger charge is -2.47. The van der Waals surface area contributed by atoms with Gasteiger partial charge in [0.2, 0.25) is 0 Å². The number of rotatable bonds is 4. The van der Waals surface area contributed by atoms with Crippen LogP contribution in [0.5, 0.6) is 0 Å². The number of hydrogen-bond acceptors (Lipinski definition) is 5. The highest BCUT2D eigenvalue weighted by molar-refractivity contribution is 5.93. The molecule has 20 heavy (non-hydrogen) atoms. The van der Waals surface area contributed by atoms with E-state index in [0.717, 1.165) is 13.0 Å². The molecule has 1 aromatic heterocycles. The van der Waals surface area contributed by atoms with Crippen LogP contribution in [-0.4, -0.2) is 48.3 Å². The lowest BCUT2D eigenvalue weighted by atomic mass is 9.67.